The van der Waals surface area contributed by atoms with Crippen LogP contribution in [0.25, 0.3) is 0 Å². The molecule has 1 atom stereocenters. The summed E-state index contributed by atoms with van der Waals surface area (Å²) in [4.78, 5) is 10.0. The molecule has 52 valence electrons. The lowest BCUT2D eigenvalue weighted by atomic mass is 10.1. The molecular weight excluding hydrogens is 137 g/mol. The van der Waals surface area contributed by atoms with Gasteiger partial charge >= 0.3 is 6.18 Å². The van der Waals surface area contributed by atoms with Crippen molar-refractivity contribution in [2.24, 2.45) is 0 Å². The number of carbonyl (C=O) groups is 1. The van der Waals surface area contributed by atoms with E-state index in [4.69, 9.17) is 0 Å². The van der Waals surface area contributed by atoms with Crippen LogP contribution in [0.4, 0.5) is 13.2 Å². The van der Waals surface area contributed by atoms with E-state index in [0.717, 1.165) is 0 Å². The third kappa shape index (κ3) is 1.05. The Morgan fingerprint density at radius 1 is 1.56 bits per heavy atom. The predicted molar refractivity (Wildman–Crippen MR) is 20.8 cm³/mol. The van der Waals surface area contributed by atoms with Gasteiger partial charge in [0, 0.05) is 0 Å². The minimum atomic E-state index is -4.50. The van der Waals surface area contributed by atoms with E-state index in [-0.39, 0.29) is 0 Å². The second-order valence-corrected chi connectivity index (χ2v) is 1.70. The van der Waals surface area contributed by atoms with Crippen LogP contribution in [0.5, 0.6) is 0 Å². The van der Waals surface area contributed by atoms with E-state index in [1.807, 2.05) is 0 Å². The maximum atomic E-state index is 11.4. The summed E-state index contributed by atoms with van der Waals surface area (Å²) in [5.41, 5.74) is 0. The van der Waals surface area contributed by atoms with Crippen LogP contribution in [-0.2, 0) is 9.53 Å². The molecule has 1 heterocycles. The summed E-state index contributed by atoms with van der Waals surface area (Å²) < 4.78 is 38.1. The SMILES string of the molecule is O=C1CO[C@@H]1C(F)(F)F. The molecule has 9 heavy (non-hydrogen) atoms. The fourth-order valence-corrected chi connectivity index (χ4v) is 0.512. The number of ether oxygens (including phenoxy) is 1. The van der Waals surface area contributed by atoms with Crippen molar-refractivity contribution in [2.75, 3.05) is 6.61 Å². The van der Waals surface area contributed by atoms with Gasteiger partial charge in [-0.3, -0.25) is 4.79 Å². The monoisotopic (exact) mass is 140 g/mol. The van der Waals surface area contributed by atoms with Gasteiger partial charge in [0.25, 0.3) is 0 Å². The van der Waals surface area contributed by atoms with Crippen molar-refractivity contribution < 1.29 is 22.7 Å². The van der Waals surface area contributed by atoms with Gasteiger partial charge in [0.1, 0.15) is 6.61 Å². The van der Waals surface area contributed by atoms with Crippen LogP contribution in [0, 0.1) is 0 Å². The molecule has 0 bridgehead atoms. The first-order chi connectivity index (χ1) is 4.02. The molecule has 1 fully saturated rings. The minimum Gasteiger partial charge on any atom is -0.353 e. The number of Topliss-reactive ketones (excluding diaryl/α,β-unsaturated/α-hetero) is 1. The smallest absolute Gasteiger partial charge is 0.353 e. The first kappa shape index (κ1) is 6.54. The average molecular weight is 140 g/mol. The molecule has 0 aromatic carbocycles. The molecule has 5 heteroatoms. The molecule has 0 aromatic rings. The molecular formula is C4H3F3O2. The maximum Gasteiger partial charge on any atom is 0.421 e. The summed E-state index contributed by atoms with van der Waals surface area (Å²) in [5, 5.41) is 0. The predicted octanol–water partition coefficient (Wildman–Crippen LogP) is 0.517. The van der Waals surface area contributed by atoms with E-state index in [1.54, 1.807) is 0 Å². The van der Waals surface area contributed by atoms with Crippen molar-refractivity contribution in [3.63, 3.8) is 0 Å². The van der Waals surface area contributed by atoms with Crippen molar-refractivity contribution in [3.8, 4) is 0 Å². The van der Waals surface area contributed by atoms with Gasteiger partial charge in [0.15, 0.2) is 5.78 Å². The van der Waals surface area contributed by atoms with Gasteiger partial charge in [-0.1, -0.05) is 0 Å². The standard InChI is InChI=1S/C4H3F3O2/c5-4(6,7)3-2(8)1-9-3/h3H,1H2/t3-/m0/s1. The zero-order valence-electron chi connectivity index (χ0n) is 4.23. The van der Waals surface area contributed by atoms with E-state index in [2.05, 4.69) is 4.74 Å². The minimum absolute atomic E-state index is 0.399. The first-order valence-electron chi connectivity index (χ1n) is 2.23. The zero-order chi connectivity index (χ0) is 7.07. The van der Waals surface area contributed by atoms with Crippen molar-refractivity contribution in [2.45, 2.75) is 12.3 Å². The van der Waals surface area contributed by atoms with E-state index < -0.39 is 24.7 Å². The van der Waals surface area contributed by atoms with Crippen LogP contribution >= 0.6 is 0 Å². The van der Waals surface area contributed by atoms with Gasteiger partial charge in [0.2, 0.25) is 6.10 Å². The van der Waals surface area contributed by atoms with Gasteiger partial charge in [-0.2, -0.15) is 13.2 Å². The quantitative estimate of drug-likeness (QED) is 0.490. The largest absolute Gasteiger partial charge is 0.421 e. The molecule has 0 saturated carbocycles. The molecule has 0 N–H and O–H groups in total. The highest BCUT2D eigenvalue weighted by Gasteiger charge is 2.51. The number of rotatable bonds is 0. The highest BCUT2D eigenvalue weighted by atomic mass is 19.4. The lowest BCUT2D eigenvalue weighted by Crippen LogP contribution is -2.50. The zero-order valence-corrected chi connectivity index (χ0v) is 4.23. The van der Waals surface area contributed by atoms with Crippen LogP contribution in [0.15, 0.2) is 0 Å². The van der Waals surface area contributed by atoms with E-state index in [1.165, 1.54) is 0 Å². The molecule has 0 aliphatic carbocycles. The van der Waals surface area contributed by atoms with E-state index in [0.29, 0.717) is 0 Å². The second kappa shape index (κ2) is 1.70. The number of hydrogen-bond acceptors (Lipinski definition) is 2. The number of alkyl halides is 3. The molecule has 1 rings (SSSR count). The van der Waals surface area contributed by atoms with Gasteiger partial charge in [0.05, 0.1) is 0 Å². The summed E-state index contributed by atoms with van der Waals surface area (Å²) in [6.45, 7) is -0.399. The topological polar surface area (TPSA) is 26.3 Å². The van der Waals surface area contributed by atoms with Crippen molar-refractivity contribution in [1.29, 1.82) is 0 Å². The number of carbonyl (C=O) groups excluding carboxylic acids is 1. The highest BCUT2D eigenvalue weighted by Crippen LogP contribution is 2.28. The Morgan fingerprint density at radius 3 is 2.11 bits per heavy atom. The lowest BCUT2D eigenvalue weighted by Gasteiger charge is -2.26. The van der Waals surface area contributed by atoms with E-state index in [9.17, 15) is 18.0 Å². The van der Waals surface area contributed by atoms with Crippen LogP contribution < -0.4 is 0 Å². The summed E-state index contributed by atoms with van der Waals surface area (Å²) in [7, 11) is 0. The third-order valence-electron chi connectivity index (χ3n) is 0.982. The summed E-state index contributed by atoms with van der Waals surface area (Å²) in [5.74, 6) is -0.887. The van der Waals surface area contributed by atoms with E-state index >= 15 is 0 Å². The molecule has 0 unspecified atom stereocenters. The summed E-state index contributed by atoms with van der Waals surface area (Å²) >= 11 is 0. The molecule has 2 nitrogen and oxygen atoms in total. The van der Waals surface area contributed by atoms with Gasteiger partial charge < -0.3 is 4.74 Å². The Hall–Kier alpha value is -0.580. The Bertz CT molecular complexity index is 139. The molecule has 0 spiro atoms. The molecule has 0 radical (unpaired) electrons. The Labute approximate surface area is 48.6 Å². The third-order valence-corrected chi connectivity index (χ3v) is 0.982. The number of ketones is 1. The number of hydrogen-bond donors (Lipinski definition) is 0. The van der Waals surface area contributed by atoms with Gasteiger partial charge in [-0.05, 0) is 0 Å². The van der Waals surface area contributed by atoms with Crippen LogP contribution in [-0.4, -0.2) is 24.7 Å². The van der Waals surface area contributed by atoms with Crippen molar-refractivity contribution >= 4 is 5.78 Å². The average Bonchev–Trinajstić information content (AvgIpc) is 1.57. The van der Waals surface area contributed by atoms with Crippen molar-refractivity contribution in [3.05, 3.63) is 0 Å². The maximum absolute atomic E-state index is 11.4. The van der Waals surface area contributed by atoms with Crippen LogP contribution in [0.1, 0.15) is 0 Å². The normalized spacial score (nSPS) is 27.9. The summed E-state index contributed by atoms with van der Waals surface area (Å²) in [6.07, 6.45) is -6.65. The number of halogens is 3. The molecule has 1 aliphatic heterocycles. The first-order valence-corrected chi connectivity index (χ1v) is 2.23. The molecule has 1 aliphatic rings. The second-order valence-electron chi connectivity index (χ2n) is 1.70. The molecule has 0 aromatic heterocycles. The Morgan fingerprint density at radius 2 is 2.11 bits per heavy atom. The highest BCUT2D eigenvalue weighted by molar-refractivity contribution is 5.89. The molecule has 1 saturated heterocycles. The summed E-state index contributed by atoms with van der Waals surface area (Å²) in [6, 6.07) is 0. The fraction of sp³-hybridized carbons (Fsp3) is 0.750. The fourth-order valence-electron chi connectivity index (χ4n) is 0.512. The lowest BCUT2D eigenvalue weighted by molar-refractivity contribution is -0.242. The van der Waals surface area contributed by atoms with Crippen LogP contribution in [0.3, 0.4) is 0 Å². The Kier molecular flexibility index (Phi) is 1.23. The Balaban J connectivity index is 2.54. The molecule has 0 amide bonds. The van der Waals surface area contributed by atoms with Crippen LogP contribution in [0.2, 0.25) is 0 Å². The van der Waals surface area contributed by atoms with Gasteiger partial charge in [-0.25, -0.2) is 0 Å². The van der Waals surface area contributed by atoms with Gasteiger partial charge in [-0.15, -0.1) is 0 Å². The van der Waals surface area contributed by atoms with Crippen molar-refractivity contribution in [1.82, 2.24) is 0 Å².